The van der Waals surface area contributed by atoms with Crippen LogP contribution in [0.15, 0.2) is 42.5 Å². The van der Waals surface area contributed by atoms with Gasteiger partial charge in [-0.25, -0.2) is 0 Å². The molecule has 0 saturated carbocycles. The predicted octanol–water partition coefficient (Wildman–Crippen LogP) is 3.19. The van der Waals surface area contributed by atoms with Crippen LogP contribution in [0.5, 0.6) is 11.5 Å². The zero-order valence-corrected chi connectivity index (χ0v) is 16.0. The average Bonchev–Trinajstić information content (AvgIpc) is 2.72. The van der Waals surface area contributed by atoms with Gasteiger partial charge in [0.05, 0.1) is 14.2 Å². The minimum atomic E-state index is -0.136. The van der Waals surface area contributed by atoms with Crippen molar-refractivity contribution in [1.82, 2.24) is 5.32 Å². The first-order chi connectivity index (χ1) is 12.7. The number of nitrogens with one attached hydrogen (secondary N) is 1. The Morgan fingerprint density at radius 2 is 1.73 bits per heavy atom. The number of amides is 1. The van der Waals surface area contributed by atoms with Crippen molar-refractivity contribution in [2.24, 2.45) is 0 Å². The lowest BCUT2D eigenvalue weighted by Gasteiger charge is -2.28. The largest absolute Gasteiger partial charge is 0.493 e. The fraction of sp³-hybridized carbons (Fsp3) is 0.350. The van der Waals surface area contributed by atoms with E-state index in [0.29, 0.717) is 23.6 Å². The molecule has 1 fully saturated rings. The van der Waals surface area contributed by atoms with Gasteiger partial charge >= 0.3 is 0 Å². The molecular weight excluding hydrogens is 348 g/mol. The molecule has 0 spiro atoms. The normalized spacial score (nSPS) is 14.0. The van der Waals surface area contributed by atoms with Crippen LogP contribution >= 0.6 is 11.8 Å². The summed E-state index contributed by atoms with van der Waals surface area (Å²) in [5.41, 5.74) is 2.87. The molecule has 1 N–H and O–H groups in total. The van der Waals surface area contributed by atoms with Crippen LogP contribution in [-0.2, 0) is 6.54 Å². The topological polar surface area (TPSA) is 50.8 Å². The van der Waals surface area contributed by atoms with Crippen LogP contribution in [0.1, 0.15) is 15.9 Å². The number of methoxy groups -OCH3 is 2. The molecule has 0 bridgehead atoms. The van der Waals surface area contributed by atoms with E-state index in [1.807, 2.05) is 11.8 Å². The summed E-state index contributed by atoms with van der Waals surface area (Å²) >= 11 is 2.00. The van der Waals surface area contributed by atoms with E-state index in [4.69, 9.17) is 9.47 Å². The highest BCUT2D eigenvalue weighted by Gasteiger charge is 2.12. The first-order valence-electron chi connectivity index (χ1n) is 8.63. The Balaban J connectivity index is 1.59. The maximum absolute atomic E-state index is 12.4. The van der Waals surface area contributed by atoms with Crippen LogP contribution in [0.3, 0.4) is 0 Å². The highest BCUT2D eigenvalue weighted by molar-refractivity contribution is 7.99. The average molecular weight is 372 g/mol. The zero-order valence-electron chi connectivity index (χ0n) is 15.2. The molecule has 1 saturated heterocycles. The van der Waals surface area contributed by atoms with Gasteiger partial charge in [-0.2, -0.15) is 11.8 Å². The van der Waals surface area contributed by atoms with Crippen LogP contribution in [0.4, 0.5) is 5.69 Å². The minimum absolute atomic E-state index is 0.136. The van der Waals surface area contributed by atoms with Crippen molar-refractivity contribution in [2.75, 3.05) is 43.7 Å². The Morgan fingerprint density at radius 3 is 2.38 bits per heavy atom. The van der Waals surface area contributed by atoms with Crippen LogP contribution in [0, 0.1) is 0 Å². The number of thioether (sulfide) groups is 1. The first-order valence-corrected chi connectivity index (χ1v) is 9.78. The fourth-order valence-electron chi connectivity index (χ4n) is 2.91. The lowest BCUT2D eigenvalue weighted by atomic mass is 10.1. The molecule has 1 aliphatic rings. The SMILES string of the molecule is COc1ccc(C(=O)NCc2ccc(N3CCSCC3)cc2)cc1OC. The lowest BCUT2D eigenvalue weighted by molar-refractivity contribution is 0.0950. The smallest absolute Gasteiger partial charge is 0.251 e. The van der Waals surface area contributed by atoms with E-state index in [1.165, 1.54) is 17.2 Å². The van der Waals surface area contributed by atoms with Crippen molar-refractivity contribution in [3.63, 3.8) is 0 Å². The number of hydrogen-bond acceptors (Lipinski definition) is 5. The molecule has 2 aromatic rings. The molecule has 5 nitrogen and oxygen atoms in total. The molecule has 0 radical (unpaired) electrons. The van der Waals surface area contributed by atoms with Crippen molar-refractivity contribution < 1.29 is 14.3 Å². The molecule has 3 rings (SSSR count). The molecule has 6 heteroatoms. The summed E-state index contributed by atoms with van der Waals surface area (Å²) in [7, 11) is 3.13. The number of anilines is 1. The monoisotopic (exact) mass is 372 g/mol. The number of carbonyl (C=O) groups is 1. The molecule has 2 aromatic carbocycles. The second kappa shape index (κ2) is 8.85. The van der Waals surface area contributed by atoms with Gasteiger partial charge in [-0.1, -0.05) is 12.1 Å². The minimum Gasteiger partial charge on any atom is -0.493 e. The molecule has 1 aliphatic heterocycles. The highest BCUT2D eigenvalue weighted by Crippen LogP contribution is 2.27. The van der Waals surface area contributed by atoms with Crippen LogP contribution in [0.25, 0.3) is 0 Å². The van der Waals surface area contributed by atoms with E-state index in [0.717, 1.165) is 18.7 Å². The van der Waals surface area contributed by atoms with Gasteiger partial charge in [-0.05, 0) is 35.9 Å². The summed E-state index contributed by atoms with van der Waals surface area (Å²) in [5.74, 6) is 3.38. The number of nitrogens with zero attached hydrogens (tertiary/aromatic N) is 1. The number of hydrogen-bond donors (Lipinski definition) is 1. The summed E-state index contributed by atoms with van der Waals surface area (Å²) in [6.07, 6.45) is 0. The quantitative estimate of drug-likeness (QED) is 0.844. The van der Waals surface area contributed by atoms with E-state index in [2.05, 4.69) is 34.5 Å². The third kappa shape index (κ3) is 4.43. The van der Waals surface area contributed by atoms with Gasteiger partial charge in [0.15, 0.2) is 11.5 Å². The Morgan fingerprint density at radius 1 is 1.04 bits per heavy atom. The van der Waals surface area contributed by atoms with Crippen molar-refractivity contribution >= 4 is 23.4 Å². The molecule has 0 atom stereocenters. The third-order valence-electron chi connectivity index (χ3n) is 4.41. The van der Waals surface area contributed by atoms with Gasteiger partial charge in [-0.3, -0.25) is 4.79 Å². The molecule has 0 aromatic heterocycles. The third-order valence-corrected chi connectivity index (χ3v) is 5.35. The van der Waals surface area contributed by atoms with E-state index in [9.17, 15) is 4.79 Å². The van der Waals surface area contributed by atoms with Crippen LogP contribution in [-0.4, -0.2) is 44.7 Å². The van der Waals surface area contributed by atoms with Gasteiger partial charge in [0, 0.05) is 42.4 Å². The number of carbonyl (C=O) groups excluding carboxylic acids is 1. The van der Waals surface area contributed by atoms with Crippen molar-refractivity contribution in [1.29, 1.82) is 0 Å². The van der Waals surface area contributed by atoms with Crippen molar-refractivity contribution in [2.45, 2.75) is 6.54 Å². The molecule has 0 unspecified atom stereocenters. The molecular formula is C20H24N2O3S. The van der Waals surface area contributed by atoms with Gasteiger partial charge < -0.3 is 19.7 Å². The summed E-state index contributed by atoms with van der Waals surface area (Å²) in [5, 5.41) is 2.95. The number of rotatable bonds is 6. The molecule has 138 valence electrons. The van der Waals surface area contributed by atoms with Gasteiger partial charge in [0.1, 0.15) is 0 Å². The van der Waals surface area contributed by atoms with Gasteiger partial charge in [0.25, 0.3) is 5.91 Å². The summed E-state index contributed by atoms with van der Waals surface area (Å²) in [4.78, 5) is 14.8. The maximum atomic E-state index is 12.4. The van der Waals surface area contributed by atoms with E-state index in [1.54, 1.807) is 32.4 Å². The second-order valence-electron chi connectivity index (χ2n) is 6.02. The fourth-order valence-corrected chi connectivity index (χ4v) is 3.81. The first kappa shape index (κ1) is 18.5. The van der Waals surface area contributed by atoms with Crippen LogP contribution in [0.2, 0.25) is 0 Å². The zero-order chi connectivity index (χ0) is 18.4. The standard InChI is InChI=1S/C20H24N2O3S/c1-24-18-8-5-16(13-19(18)25-2)20(23)21-14-15-3-6-17(7-4-15)22-9-11-26-12-10-22/h3-8,13H,9-12,14H2,1-2H3,(H,21,23). The summed E-state index contributed by atoms with van der Waals surface area (Å²) in [6.45, 7) is 2.68. The Kier molecular flexibility index (Phi) is 6.28. The Bertz CT molecular complexity index is 743. The molecule has 1 heterocycles. The Hall–Kier alpha value is -2.34. The van der Waals surface area contributed by atoms with Gasteiger partial charge in [-0.15, -0.1) is 0 Å². The lowest BCUT2D eigenvalue weighted by Crippen LogP contribution is -2.32. The van der Waals surface area contributed by atoms with E-state index < -0.39 is 0 Å². The van der Waals surface area contributed by atoms with Crippen molar-refractivity contribution in [3.05, 3.63) is 53.6 Å². The highest BCUT2D eigenvalue weighted by atomic mass is 32.2. The summed E-state index contributed by atoms with van der Waals surface area (Å²) < 4.78 is 10.4. The second-order valence-corrected chi connectivity index (χ2v) is 7.24. The molecule has 26 heavy (non-hydrogen) atoms. The van der Waals surface area contributed by atoms with Gasteiger partial charge in [0.2, 0.25) is 0 Å². The predicted molar refractivity (Wildman–Crippen MR) is 107 cm³/mol. The van der Waals surface area contributed by atoms with Crippen molar-refractivity contribution in [3.8, 4) is 11.5 Å². The number of ether oxygens (including phenoxy) is 2. The maximum Gasteiger partial charge on any atom is 0.251 e. The van der Waals surface area contributed by atoms with E-state index >= 15 is 0 Å². The number of benzene rings is 2. The Labute approximate surface area is 158 Å². The van der Waals surface area contributed by atoms with Crippen LogP contribution < -0.4 is 19.7 Å². The summed E-state index contributed by atoms with van der Waals surface area (Å²) in [6, 6.07) is 13.6. The van der Waals surface area contributed by atoms with E-state index in [-0.39, 0.29) is 5.91 Å². The molecule has 0 aliphatic carbocycles. The molecule has 1 amide bonds.